The van der Waals surface area contributed by atoms with Gasteiger partial charge in [-0.05, 0) is 30.7 Å². The first-order chi connectivity index (χ1) is 12.3. The Morgan fingerprint density at radius 3 is 1.96 bits per heavy atom. The first-order valence-corrected chi connectivity index (χ1v) is 10.9. The molecule has 9 heteroatoms. The smallest absolute Gasteiger partial charge is 0.243 e. The summed E-state index contributed by atoms with van der Waals surface area (Å²) in [7, 11) is -7.68. The number of hydrogen-bond acceptors (Lipinski definition) is 5. The Hall–Kier alpha value is -2.07. The van der Waals surface area contributed by atoms with Crippen molar-refractivity contribution < 1.29 is 21.6 Å². The molecule has 1 N–H and O–H groups in total. The van der Waals surface area contributed by atoms with Crippen LogP contribution in [0.5, 0.6) is 0 Å². The molecule has 0 amide bonds. The Morgan fingerprint density at radius 1 is 0.885 bits per heavy atom. The average molecular weight is 394 g/mol. The van der Waals surface area contributed by atoms with Crippen LogP contribution in [0, 0.1) is 0 Å². The molecule has 0 aromatic heterocycles. The number of hydrogen-bond donors (Lipinski definition) is 1. The van der Waals surface area contributed by atoms with Crippen LogP contribution in [0.25, 0.3) is 0 Å². The molecule has 0 saturated carbocycles. The average Bonchev–Trinajstić information content (AvgIpc) is 3.06. The Bertz CT molecular complexity index is 976. The molecule has 0 unspecified atom stereocenters. The zero-order valence-electron chi connectivity index (χ0n) is 13.7. The highest BCUT2D eigenvalue weighted by Crippen LogP contribution is 2.26. The molecule has 26 heavy (non-hydrogen) atoms. The maximum absolute atomic E-state index is 12.8. The predicted molar refractivity (Wildman–Crippen MR) is 95.4 cm³/mol. The molecular formula is C17H18N2O5S2. The first-order valence-electron chi connectivity index (χ1n) is 7.94. The highest BCUT2D eigenvalue weighted by Gasteiger charge is 2.41. The molecular weight excluding hydrogens is 376 g/mol. The lowest BCUT2D eigenvalue weighted by Crippen LogP contribution is -2.39. The number of sulfonamides is 2. The van der Waals surface area contributed by atoms with E-state index in [2.05, 4.69) is 4.72 Å². The molecule has 2 atom stereocenters. The minimum absolute atomic E-state index is 0.0680. The number of rotatable bonds is 6. The largest absolute Gasteiger partial charge is 0.302 e. The monoisotopic (exact) mass is 394 g/mol. The van der Waals surface area contributed by atoms with Gasteiger partial charge >= 0.3 is 0 Å². The van der Waals surface area contributed by atoms with Gasteiger partial charge in [0.05, 0.1) is 15.8 Å². The van der Waals surface area contributed by atoms with E-state index in [0.29, 0.717) is 6.29 Å². The van der Waals surface area contributed by atoms with Gasteiger partial charge in [0, 0.05) is 12.6 Å². The van der Waals surface area contributed by atoms with Gasteiger partial charge in [0.15, 0.2) is 0 Å². The van der Waals surface area contributed by atoms with E-state index < -0.39 is 32.1 Å². The lowest BCUT2D eigenvalue weighted by molar-refractivity contribution is -0.110. The summed E-state index contributed by atoms with van der Waals surface area (Å²) in [6.45, 7) is -0.104. The van der Waals surface area contributed by atoms with Crippen LogP contribution in [0.15, 0.2) is 70.5 Å². The first kappa shape index (κ1) is 18.7. The lowest BCUT2D eigenvalue weighted by atomic mass is 10.2. The van der Waals surface area contributed by atoms with Gasteiger partial charge in [-0.2, -0.15) is 4.31 Å². The van der Waals surface area contributed by atoms with E-state index in [9.17, 15) is 21.6 Å². The van der Waals surface area contributed by atoms with Crippen LogP contribution in [-0.4, -0.2) is 46.1 Å². The predicted octanol–water partition coefficient (Wildman–Crippen LogP) is 0.996. The van der Waals surface area contributed by atoms with E-state index in [0.717, 1.165) is 4.31 Å². The van der Waals surface area contributed by atoms with Gasteiger partial charge in [0.1, 0.15) is 6.29 Å². The zero-order chi connectivity index (χ0) is 18.8. The topological polar surface area (TPSA) is 101 Å². The van der Waals surface area contributed by atoms with E-state index in [4.69, 9.17) is 0 Å². The maximum atomic E-state index is 12.8. The second-order valence-corrected chi connectivity index (χ2v) is 9.56. The van der Waals surface area contributed by atoms with Crippen LogP contribution in [0.2, 0.25) is 0 Å². The molecule has 1 fully saturated rings. The molecule has 2 aromatic rings. The quantitative estimate of drug-likeness (QED) is 0.737. The van der Waals surface area contributed by atoms with Crippen LogP contribution in [0.1, 0.15) is 6.42 Å². The number of carbonyl (C=O) groups excluding carboxylic acids is 1. The zero-order valence-corrected chi connectivity index (χ0v) is 15.4. The maximum Gasteiger partial charge on any atom is 0.243 e. The fourth-order valence-electron chi connectivity index (χ4n) is 2.94. The number of benzene rings is 2. The Kier molecular flexibility index (Phi) is 5.24. The molecule has 1 aliphatic rings. The van der Waals surface area contributed by atoms with Crippen LogP contribution in [-0.2, 0) is 24.8 Å². The van der Waals surface area contributed by atoms with Crippen molar-refractivity contribution in [2.75, 3.05) is 6.54 Å². The van der Waals surface area contributed by atoms with Crippen molar-refractivity contribution in [3.05, 3.63) is 60.7 Å². The van der Waals surface area contributed by atoms with Crippen molar-refractivity contribution >= 4 is 26.3 Å². The molecule has 3 rings (SSSR count). The van der Waals surface area contributed by atoms with Crippen molar-refractivity contribution in [3.8, 4) is 0 Å². The van der Waals surface area contributed by atoms with E-state index in [1.165, 1.54) is 24.3 Å². The minimum Gasteiger partial charge on any atom is -0.302 e. The molecule has 0 aliphatic carbocycles. The molecule has 138 valence electrons. The number of nitrogens with zero attached hydrogens (tertiary/aromatic N) is 1. The summed E-state index contributed by atoms with van der Waals surface area (Å²) >= 11 is 0. The van der Waals surface area contributed by atoms with Gasteiger partial charge in [-0.15, -0.1) is 0 Å². The van der Waals surface area contributed by atoms with E-state index in [-0.39, 0.29) is 22.8 Å². The summed E-state index contributed by atoms with van der Waals surface area (Å²) in [4.78, 5) is 11.6. The van der Waals surface area contributed by atoms with Crippen LogP contribution < -0.4 is 4.72 Å². The fourth-order valence-corrected chi connectivity index (χ4v) is 5.84. The summed E-state index contributed by atoms with van der Waals surface area (Å²) in [5.74, 6) is 0. The van der Waals surface area contributed by atoms with Gasteiger partial charge in [-0.25, -0.2) is 21.6 Å². The molecule has 1 aliphatic heterocycles. The molecule has 0 radical (unpaired) electrons. The SMILES string of the molecule is O=C[C@H]1C[C@@H](NS(=O)(=O)c2ccccc2)CN1S(=O)(=O)c1ccccc1. The second kappa shape index (κ2) is 7.28. The molecule has 2 aromatic carbocycles. The molecule has 1 heterocycles. The van der Waals surface area contributed by atoms with Crippen LogP contribution in [0.3, 0.4) is 0 Å². The van der Waals surface area contributed by atoms with Gasteiger partial charge in [0.25, 0.3) is 0 Å². The van der Waals surface area contributed by atoms with Crippen molar-refractivity contribution in [2.24, 2.45) is 0 Å². The molecule has 0 spiro atoms. The third kappa shape index (κ3) is 3.70. The summed E-state index contributed by atoms with van der Waals surface area (Å²) in [5, 5.41) is 0. The summed E-state index contributed by atoms with van der Waals surface area (Å²) < 4.78 is 54.0. The van der Waals surface area contributed by atoms with Gasteiger partial charge < -0.3 is 4.79 Å². The van der Waals surface area contributed by atoms with E-state index >= 15 is 0 Å². The van der Waals surface area contributed by atoms with Gasteiger partial charge in [-0.1, -0.05) is 36.4 Å². The second-order valence-electron chi connectivity index (χ2n) is 5.96. The van der Waals surface area contributed by atoms with Crippen LogP contribution >= 0.6 is 0 Å². The Balaban J connectivity index is 1.83. The molecule has 7 nitrogen and oxygen atoms in total. The van der Waals surface area contributed by atoms with Gasteiger partial charge in [0.2, 0.25) is 20.0 Å². The highest BCUT2D eigenvalue weighted by molar-refractivity contribution is 7.89. The standard InChI is InChI=1S/C17H18N2O5S2/c20-13-15-11-14(18-25(21,22)16-7-3-1-4-8-16)12-19(15)26(23,24)17-9-5-2-6-10-17/h1-10,13-15,18H,11-12H2/t14-,15-/m1/s1. The van der Waals surface area contributed by atoms with Crippen molar-refractivity contribution in [1.82, 2.24) is 9.03 Å². The van der Waals surface area contributed by atoms with Crippen molar-refractivity contribution in [3.63, 3.8) is 0 Å². The summed E-state index contributed by atoms with van der Waals surface area (Å²) in [6.07, 6.45) is 0.624. The number of nitrogens with one attached hydrogen (secondary N) is 1. The molecule has 0 bridgehead atoms. The van der Waals surface area contributed by atoms with Crippen molar-refractivity contribution in [1.29, 1.82) is 0 Å². The number of aldehydes is 1. The van der Waals surface area contributed by atoms with E-state index in [1.807, 2.05) is 0 Å². The highest BCUT2D eigenvalue weighted by atomic mass is 32.2. The summed E-state index contributed by atoms with van der Waals surface area (Å²) in [6, 6.07) is 14.0. The lowest BCUT2D eigenvalue weighted by Gasteiger charge is -2.20. The normalized spacial score (nSPS) is 21.5. The van der Waals surface area contributed by atoms with Crippen molar-refractivity contribution in [2.45, 2.75) is 28.3 Å². The third-order valence-electron chi connectivity index (χ3n) is 4.18. The van der Waals surface area contributed by atoms with E-state index in [1.54, 1.807) is 36.4 Å². The third-order valence-corrected chi connectivity index (χ3v) is 7.62. The van der Waals surface area contributed by atoms with Gasteiger partial charge in [-0.3, -0.25) is 0 Å². The Labute approximate surface area is 152 Å². The summed E-state index contributed by atoms with van der Waals surface area (Å²) in [5.41, 5.74) is 0. The Morgan fingerprint density at radius 2 is 1.42 bits per heavy atom. The minimum atomic E-state index is -3.89. The van der Waals surface area contributed by atoms with Crippen LogP contribution in [0.4, 0.5) is 0 Å². The number of carbonyl (C=O) groups is 1. The fraction of sp³-hybridized carbons (Fsp3) is 0.235. The molecule has 1 saturated heterocycles.